The van der Waals surface area contributed by atoms with Gasteiger partial charge >= 0.3 is 5.97 Å². The molecule has 26 heavy (non-hydrogen) atoms. The summed E-state index contributed by atoms with van der Waals surface area (Å²) < 4.78 is 16.2. The number of hydrogen-bond donors (Lipinski definition) is 1. The number of nitrogens with zero attached hydrogens (tertiary/aromatic N) is 2. The van der Waals surface area contributed by atoms with Crippen molar-refractivity contribution < 1.29 is 18.7 Å². The summed E-state index contributed by atoms with van der Waals surface area (Å²) in [5.41, 5.74) is 1.10. The summed E-state index contributed by atoms with van der Waals surface area (Å²) in [6.45, 7) is 2.57. The van der Waals surface area contributed by atoms with Gasteiger partial charge in [0.1, 0.15) is 5.75 Å². The minimum Gasteiger partial charge on any atom is -0.484 e. The summed E-state index contributed by atoms with van der Waals surface area (Å²) in [6.07, 6.45) is 0. The Hall–Kier alpha value is -3.35. The molecule has 0 bridgehead atoms. The van der Waals surface area contributed by atoms with E-state index < -0.39 is 0 Å². The summed E-state index contributed by atoms with van der Waals surface area (Å²) >= 11 is 0. The number of para-hydroxylation sites is 2. The van der Waals surface area contributed by atoms with Crippen molar-refractivity contribution in [3.63, 3.8) is 0 Å². The lowest BCUT2D eigenvalue weighted by atomic mass is 10.2. The zero-order chi connectivity index (χ0) is 18.2. The monoisotopic (exact) mass is 353 g/mol. The maximum Gasteiger partial charge on any atom is 0.340 e. The van der Waals surface area contributed by atoms with Crippen LogP contribution in [-0.2, 0) is 17.9 Å². The third-order valence-corrected chi connectivity index (χ3v) is 3.47. The predicted octanol–water partition coefficient (Wildman–Crippen LogP) is 3.44. The Morgan fingerprint density at radius 2 is 1.77 bits per heavy atom. The van der Waals surface area contributed by atoms with Gasteiger partial charge in [-0.3, -0.25) is 0 Å². The normalized spacial score (nSPS) is 10.3. The average Bonchev–Trinajstić information content (AvgIpc) is 3.14. The van der Waals surface area contributed by atoms with Gasteiger partial charge in [0.2, 0.25) is 5.89 Å². The van der Waals surface area contributed by atoms with Crippen molar-refractivity contribution in [2.75, 3.05) is 11.9 Å². The Morgan fingerprint density at radius 1 is 1.04 bits per heavy atom. The first-order valence-corrected chi connectivity index (χ1v) is 8.25. The van der Waals surface area contributed by atoms with Crippen LogP contribution in [0, 0.1) is 0 Å². The van der Waals surface area contributed by atoms with Crippen LogP contribution in [0.2, 0.25) is 0 Å². The molecule has 0 saturated carbocycles. The number of nitrogens with one attached hydrogen (secondary N) is 1. The van der Waals surface area contributed by atoms with Crippen molar-refractivity contribution in [3.05, 3.63) is 71.9 Å². The highest BCUT2D eigenvalue weighted by molar-refractivity contribution is 5.95. The van der Waals surface area contributed by atoms with Crippen LogP contribution < -0.4 is 10.1 Å². The summed E-state index contributed by atoms with van der Waals surface area (Å²) in [6, 6.07) is 16.5. The predicted molar refractivity (Wildman–Crippen MR) is 94.8 cm³/mol. The Balaban J connectivity index is 1.58. The van der Waals surface area contributed by atoms with Gasteiger partial charge in [-0.2, -0.15) is 0 Å². The fourth-order valence-corrected chi connectivity index (χ4v) is 2.27. The molecule has 0 amide bonds. The number of esters is 1. The zero-order valence-electron chi connectivity index (χ0n) is 14.3. The van der Waals surface area contributed by atoms with Crippen molar-refractivity contribution >= 4 is 11.7 Å². The van der Waals surface area contributed by atoms with Crippen LogP contribution in [-0.4, -0.2) is 22.8 Å². The molecule has 0 radical (unpaired) electrons. The molecule has 2 aromatic carbocycles. The standard InChI is InChI=1S/C19H19N3O4/c1-2-24-19(23)15-10-6-7-11-16(15)20-12-17-21-22-18(26-17)13-25-14-8-4-3-5-9-14/h3-11,20H,2,12-13H2,1H3. The molecule has 0 fully saturated rings. The molecule has 0 spiro atoms. The highest BCUT2D eigenvalue weighted by atomic mass is 16.5. The number of rotatable bonds is 8. The van der Waals surface area contributed by atoms with Gasteiger partial charge in [-0.05, 0) is 31.2 Å². The van der Waals surface area contributed by atoms with Crippen LogP contribution in [0.5, 0.6) is 5.75 Å². The van der Waals surface area contributed by atoms with E-state index in [0.29, 0.717) is 29.6 Å². The highest BCUT2D eigenvalue weighted by Crippen LogP contribution is 2.17. The molecule has 1 heterocycles. The van der Waals surface area contributed by atoms with Crippen molar-refractivity contribution in [2.45, 2.75) is 20.1 Å². The van der Waals surface area contributed by atoms with Gasteiger partial charge < -0.3 is 19.2 Å². The molecule has 0 aliphatic carbocycles. The molecule has 7 heteroatoms. The first-order chi connectivity index (χ1) is 12.8. The number of benzene rings is 2. The van der Waals surface area contributed by atoms with Gasteiger partial charge in [-0.25, -0.2) is 4.79 Å². The first kappa shape index (κ1) is 17.5. The number of anilines is 1. The molecule has 0 atom stereocenters. The second-order valence-corrected chi connectivity index (χ2v) is 5.31. The molecule has 1 N–H and O–H groups in total. The van der Waals surface area contributed by atoms with Crippen LogP contribution in [0.3, 0.4) is 0 Å². The summed E-state index contributed by atoms with van der Waals surface area (Å²) in [4.78, 5) is 12.0. The van der Waals surface area contributed by atoms with Gasteiger partial charge in [0, 0.05) is 5.69 Å². The minimum absolute atomic E-state index is 0.191. The van der Waals surface area contributed by atoms with Crippen molar-refractivity contribution in [3.8, 4) is 5.75 Å². The maximum atomic E-state index is 12.0. The second kappa shape index (κ2) is 8.66. The van der Waals surface area contributed by atoms with Crippen LogP contribution in [0.1, 0.15) is 29.1 Å². The van der Waals surface area contributed by atoms with E-state index in [4.69, 9.17) is 13.9 Å². The maximum absolute atomic E-state index is 12.0. The lowest BCUT2D eigenvalue weighted by molar-refractivity contribution is 0.0527. The highest BCUT2D eigenvalue weighted by Gasteiger charge is 2.13. The summed E-state index contributed by atoms with van der Waals surface area (Å²) in [5.74, 6) is 1.13. The molecular weight excluding hydrogens is 334 g/mol. The minimum atomic E-state index is -0.377. The van der Waals surface area contributed by atoms with Gasteiger partial charge in [-0.15, -0.1) is 10.2 Å². The number of aromatic nitrogens is 2. The number of carbonyl (C=O) groups excluding carboxylic acids is 1. The zero-order valence-corrected chi connectivity index (χ0v) is 14.3. The van der Waals surface area contributed by atoms with E-state index in [0.717, 1.165) is 5.75 Å². The molecule has 134 valence electrons. The van der Waals surface area contributed by atoms with Crippen molar-refractivity contribution in [2.24, 2.45) is 0 Å². The van der Waals surface area contributed by atoms with Gasteiger partial charge in [-0.1, -0.05) is 30.3 Å². The average molecular weight is 353 g/mol. The van der Waals surface area contributed by atoms with Crippen LogP contribution >= 0.6 is 0 Å². The molecule has 0 saturated heterocycles. The van der Waals surface area contributed by atoms with Crippen molar-refractivity contribution in [1.29, 1.82) is 0 Å². The fourth-order valence-electron chi connectivity index (χ4n) is 2.27. The van der Waals surface area contributed by atoms with E-state index in [1.54, 1.807) is 25.1 Å². The van der Waals surface area contributed by atoms with Crippen LogP contribution in [0.15, 0.2) is 59.0 Å². The molecular formula is C19H19N3O4. The number of ether oxygens (including phenoxy) is 2. The molecule has 0 aliphatic heterocycles. The summed E-state index contributed by atoms with van der Waals surface area (Å²) in [5, 5.41) is 11.1. The topological polar surface area (TPSA) is 86.5 Å². The van der Waals surface area contributed by atoms with Gasteiger partial charge in [0.15, 0.2) is 6.61 Å². The second-order valence-electron chi connectivity index (χ2n) is 5.31. The molecule has 0 aliphatic rings. The molecule has 1 aromatic heterocycles. The Labute approximate surface area is 151 Å². The lowest BCUT2D eigenvalue weighted by Crippen LogP contribution is -2.09. The van der Waals surface area contributed by atoms with Crippen LogP contribution in [0.4, 0.5) is 5.69 Å². The van der Waals surface area contributed by atoms with E-state index in [1.165, 1.54) is 0 Å². The fraction of sp³-hybridized carbons (Fsp3) is 0.211. The van der Waals surface area contributed by atoms with E-state index in [9.17, 15) is 4.79 Å². The lowest BCUT2D eigenvalue weighted by Gasteiger charge is -2.09. The Morgan fingerprint density at radius 3 is 2.58 bits per heavy atom. The third-order valence-electron chi connectivity index (χ3n) is 3.47. The molecule has 0 unspecified atom stereocenters. The van der Waals surface area contributed by atoms with Gasteiger partial charge in [0.25, 0.3) is 5.89 Å². The number of carbonyl (C=O) groups is 1. The van der Waals surface area contributed by atoms with Gasteiger partial charge in [0.05, 0.1) is 18.7 Å². The van der Waals surface area contributed by atoms with E-state index >= 15 is 0 Å². The Bertz CT molecular complexity index is 849. The first-order valence-electron chi connectivity index (χ1n) is 8.25. The summed E-state index contributed by atoms with van der Waals surface area (Å²) in [7, 11) is 0. The van der Waals surface area contributed by atoms with E-state index in [2.05, 4.69) is 15.5 Å². The largest absolute Gasteiger partial charge is 0.484 e. The Kier molecular flexibility index (Phi) is 5.82. The quantitative estimate of drug-likeness (QED) is 0.621. The number of hydrogen-bond acceptors (Lipinski definition) is 7. The van der Waals surface area contributed by atoms with E-state index in [1.807, 2.05) is 36.4 Å². The smallest absolute Gasteiger partial charge is 0.340 e. The van der Waals surface area contributed by atoms with Crippen molar-refractivity contribution in [1.82, 2.24) is 10.2 Å². The molecule has 3 aromatic rings. The van der Waals surface area contributed by atoms with Crippen LogP contribution in [0.25, 0.3) is 0 Å². The SMILES string of the molecule is CCOC(=O)c1ccccc1NCc1nnc(COc2ccccc2)o1. The van der Waals surface area contributed by atoms with E-state index in [-0.39, 0.29) is 19.1 Å². The molecule has 3 rings (SSSR count). The molecule has 7 nitrogen and oxygen atoms in total. The third kappa shape index (κ3) is 4.60.